The van der Waals surface area contributed by atoms with Crippen LogP contribution in [0.2, 0.25) is 0 Å². The first-order valence-corrected chi connectivity index (χ1v) is 11.8. The predicted octanol–water partition coefficient (Wildman–Crippen LogP) is 5.79. The van der Waals surface area contributed by atoms with Crippen molar-refractivity contribution in [1.29, 1.82) is 0 Å². The van der Waals surface area contributed by atoms with E-state index in [0.29, 0.717) is 41.4 Å². The molecule has 3 heterocycles. The quantitative estimate of drug-likeness (QED) is 0.317. The van der Waals surface area contributed by atoms with Gasteiger partial charge >= 0.3 is 0 Å². The molecule has 0 amide bonds. The molecule has 0 bridgehead atoms. The molecule has 0 aliphatic rings. The average Bonchev–Trinajstić information content (AvgIpc) is 3.34. The molecule has 5 nitrogen and oxygen atoms in total. The molecule has 0 saturated heterocycles. The Morgan fingerprint density at radius 1 is 0.941 bits per heavy atom. The molecule has 3 aromatic heterocycles. The number of benzene rings is 2. The third-order valence-electron chi connectivity index (χ3n) is 5.57. The molecule has 0 unspecified atom stereocenters. The van der Waals surface area contributed by atoms with Crippen LogP contribution in [0, 0.1) is 12.7 Å². The minimum Gasteiger partial charge on any atom is -0.292 e. The number of aryl methyl sites for hydroxylation is 2. The minimum atomic E-state index is -0.367. The van der Waals surface area contributed by atoms with Gasteiger partial charge in [-0.1, -0.05) is 42.5 Å². The zero-order valence-electron chi connectivity index (χ0n) is 18.5. The summed E-state index contributed by atoms with van der Waals surface area (Å²) in [7, 11) is 0. The Bertz CT molecular complexity index is 1500. The van der Waals surface area contributed by atoms with Gasteiger partial charge in [-0.25, -0.2) is 19.3 Å². The van der Waals surface area contributed by atoms with Gasteiger partial charge in [0.1, 0.15) is 11.6 Å². The maximum absolute atomic E-state index is 14.0. The lowest BCUT2D eigenvalue weighted by Gasteiger charge is -2.16. The molecule has 2 aromatic carbocycles. The summed E-state index contributed by atoms with van der Waals surface area (Å²) >= 11 is 1.46. The van der Waals surface area contributed by atoms with Gasteiger partial charge in [-0.2, -0.15) is 0 Å². The molecule has 0 atom stereocenters. The summed E-state index contributed by atoms with van der Waals surface area (Å²) in [5.74, 6) is 0.704. The molecule has 5 rings (SSSR count). The first-order chi connectivity index (χ1) is 16.6. The molecule has 0 aliphatic carbocycles. The molecule has 0 saturated carbocycles. The minimum absolute atomic E-state index is 0.148. The summed E-state index contributed by atoms with van der Waals surface area (Å²) in [5, 5.41) is 1.94. The normalized spacial score (nSPS) is 11.0. The SMILES string of the molecule is Cc1nc(-c2cccc(F)c2)n(CCc2ccccc2)c(=O)c1-c1cc(-c2ncccn2)cs1. The van der Waals surface area contributed by atoms with Crippen molar-refractivity contribution >= 4 is 11.3 Å². The van der Waals surface area contributed by atoms with Crippen molar-refractivity contribution in [2.45, 2.75) is 19.9 Å². The molecule has 0 fully saturated rings. The zero-order valence-corrected chi connectivity index (χ0v) is 19.3. The second-order valence-corrected chi connectivity index (χ2v) is 8.78. The van der Waals surface area contributed by atoms with E-state index in [-0.39, 0.29) is 11.4 Å². The topological polar surface area (TPSA) is 60.7 Å². The summed E-state index contributed by atoms with van der Waals surface area (Å²) in [4.78, 5) is 28.0. The van der Waals surface area contributed by atoms with E-state index in [2.05, 4.69) is 9.97 Å². The number of hydrogen-bond donors (Lipinski definition) is 0. The Hall–Kier alpha value is -3.97. The van der Waals surface area contributed by atoms with Gasteiger partial charge in [-0.15, -0.1) is 11.3 Å². The molecule has 5 aromatic rings. The van der Waals surface area contributed by atoms with Crippen LogP contribution in [0.4, 0.5) is 4.39 Å². The molecule has 0 N–H and O–H groups in total. The molecular weight excluding hydrogens is 447 g/mol. The largest absolute Gasteiger partial charge is 0.292 e. The lowest BCUT2D eigenvalue weighted by Crippen LogP contribution is -2.27. The van der Waals surface area contributed by atoms with Gasteiger partial charge in [0.05, 0.1) is 11.3 Å². The molecular formula is C27H21FN4OS. The van der Waals surface area contributed by atoms with Crippen molar-refractivity contribution in [3.05, 3.63) is 112 Å². The van der Waals surface area contributed by atoms with E-state index in [9.17, 15) is 9.18 Å². The number of rotatable bonds is 6. The second-order valence-electron chi connectivity index (χ2n) is 7.87. The van der Waals surface area contributed by atoms with Crippen molar-refractivity contribution in [3.8, 4) is 33.2 Å². The highest BCUT2D eigenvalue weighted by atomic mass is 32.1. The third kappa shape index (κ3) is 4.43. The van der Waals surface area contributed by atoms with Crippen LogP contribution in [0.3, 0.4) is 0 Å². The summed E-state index contributed by atoms with van der Waals surface area (Å²) < 4.78 is 15.7. The van der Waals surface area contributed by atoms with Gasteiger partial charge in [0.25, 0.3) is 5.56 Å². The number of aromatic nitrogens is 4. The molecule has 0 aliphatic heterocycles. The van der Waals surface area contributed by atoms with Crippen LogP contribution >= 0.6 is 11.3 Å². The second kappa shape index (κ2) is 9.49. The van der Waals surface area contributed by atoms with Crippen molar-refractivity contribution in [2.24, 2.45) is 0 Å². The van der Waals surface area contributed by atoms with Crippen LogP contribution in [-0.4, -0.2) is 19.5 Å². The summed E-state index contributed by atoms with van der Waals surface area (Å²) in [6.07, 6.45) is 4.04. The molecule has 7 heteroatoms. The van der Waals surface area contributed by atoms with Crippen LogP contribution < -0.4 is 5.56 Å². The van der Waals surface area contributed by atoms with Gasteiger partial charge in [-0.05, 0) is 43.2 Å². The fraction of sp³-hybridized carbons (Fsp3) is 0.111. The van der Waals surface area contributed by atoms with E-state index in [0.717, 1.165) is 16.0 Å². The Labute approximate surface area is 200 Å². The highest BCUT2D eigenvalue weighted by Gasteiger charge is 2.19. The first-order valence-electron chi connectivity index (χ1n) is 10.9. The van der Waals surface area contributed by atoms with Crippen molar-refractivity contribution in [3.63, 3.8) is 0 Å². The zero-order chi connectivity index (χ0) is 23.5. The van der Waals surface area contributed by atoms with E-state index in [1.165, 1.54) is 23.5 Å². The smallest absolute Gasteiger partial charge is 0.262 e. The standard InChI is InChI=1S/C27H21FN4OS/c1-18-24(23-16-21(17-34-23)25-29-12-6-13-30-25)27(33)32(14-11-19-7-3-2-4-8-19)26(31-18)20-9-5-10-22(28)15-20/h2-10,12-13,15-17H,11,14H2,1H3. The van der Waals surface area contributed by atoms with Crippen LogP contribution in [-0.2, 0) is 13.0 Å². The Balaban J connectivity index is 1.62. The number of halogens is 1. The van der Waals surface area contributed by atoms with Gasteiger partial charge < -0.3 is 0 Å². The summed E-state index contributed by atoms with van der Waals surface area (Å²) in [6.45, 7) is 2.24. The van der Waals surface area contributed by atoms with E-state index >= 15 is 0 Å². The van der Waals surface area contributed by atoms with E-state index in [1.54, 1.807) is 35.2 Å². The fourth-order valence-electron chi connectivity index (χ4n) is 3.92. The van der Waals surface area contributed by atoms with Crippen LogP contribution in [0.5, 0.6) is 0 Å². The molecule has 0 radical (unpaired) electrons. The lowest BCUT2D eigenvalue weighted by molar-refractivity contribution is 0.626. The van der Waals surface area contributed by atoms with Gasteiger partial charge in [0, 0.05) is 40.3 Å². The van der Waals surface area contributed by atoms with Gasteiger partial charge in [0.15, 0.2) is 5.82 Å². The molecule has 0 spiro atoms. The monoisotopic (exact) mass is 468 g/mol. The summed E-state index contributed by atoms with van der Waals surface area (Å²) in [6, 6.07) is 19.9. The van der Waals surface area contributed by atoms with E-state index < -0.39 is 0 Å². The van der Waals surface area contributed by atoms with Gasteiger partial charge in [-0.3, -0.25) is 9.36 Å². The average molecular weight is 469 g/mol. The third-order valence-corrected chi connectivity index (χ3v) is 6.52. The number of hydrogen-bond acceptors (Lipinski definition) is 5. The number of nitrogens with zero attached hydrogens (tertiary/aromatic N) is 4. The Kier molecular flexibility index (Phi) is 6.10. The highest BCUT2D eigenvalue weighted by molar-refractivity contribution is 7.14. The van der Waals surface area contributed by atoms with Crippen LogP contribution in [0.1, 0.15) is 11.3 Å². The summed E-state index contributed by atoms with van der Waals surface area (Å²) in [5.41, 5.74) is 3.53. The lowest BCUT2D eigenvalue weighted by atomic mass is 10.1. The van der Waals surface area contributed by atoms with Crippen molar-refractivity contribution < 1.29 is 4.39 Å². The van der Waals surface area contributed by atoms with Crippen LogP contribution in [0.25, 0.3) is 33.2 Å². The van der Waals surface area contributed by atoms with E-state index in [4.69, 9.17) is 4.98 Å². The van der Waals surface area contributed by atoms with Crippen molar-refractivity contribution in [1.82, 2.24) is 19.5 Å². The van der Waals surface area contributed by atoms with Crippen LogP contribution in [0.15, 0.2) is 89.3 Å². The van der Waals surface area contributed by atoms with Gasteiger partial charge in [0.2, 0.25) is 0 Å². The fourth-order valence-corrected chi connectivity index (χ4v) is 4.89. The highest BCUT2D eigenvalue weighted by Crippen LogP contribution is 2.31. The Morgan fingerprint density at radius 2 is 1.74 bits per heavy atom. The number of thiophene rings is 1. The maximum atomic E-state index is 14.0. The maximum Gasteiger partial charge on any atom is 0.262 e. The molecule has 168 valence electrons. The van der Waals surface area contributed by atoms with Crippen molar-refractivity contribution in [2.75, 3.05) is 0 Å². The van der Waals surface area contributed by atoms with E-state index in [1.807, 2.05) is 48.7 Å². The Morgan fingerprint density at radius 3 is 2.50 bits per heavy atom. The molecule has 34 heavy (non-hydrogen) atoms. The predicted molar refractivity (Wildman–Crippen MR) is 133 cm³/mol. The first kappa shape index (κ1) is 21.9.